The van der Waals surface area contributed by atoms with Gasteiger partial charge < -0.3 is 15.2 Å². The number of rotatable bonds is 4. The number of aliphatic hydroxyl groups is 1. The molecule has 1 atom stereocenters. The van der Waals surface area contributed by atoms with E-state index < -0.39 is 10.5 Å². The fourth-order valence-corrected chi connectivity index (χ4v) is 2.92. The normalized spacial score (nSPS) is 22.2. The van der Waals surface area contributed by atoms with Crippen molar-refractivity contribution in [3.63, 3.8) is 0 Å². The van der Waals surface area contributed by atoms with Crippen LogP contribution in [0.3, 0.4) is 0 Å². The van der Waals surface area contributed by atoms with Gasteiger partial charge in [0.25, 0.3) is 0 Å². The topological polar surface area (TPSA) is 97.5 Å². The third-order valence-corrected chi connectivity index (χ3v) is 4.14. The van der Waals surface area contributed by atoms with Crippen molar-refractivity contribution in [3.8, 4) is 0 Å². The van der Waals surface area contributed by atoms with Crippen LogP contribution in [0.2, 0.25) is 0 Å². The van der Waals surface area contributed by atoms with E-state index in [-0.39, 0.29) is 18.8 Å². The summed E-state index contributed by atoms with van der Waals surface area (Å²) in [5, 5.41) is 24.4. The van der Waals surface area contributed by atoms with Gasteiger partial charge in [0.05, 0.1) is 21.7 Å². The Morgan fingerprint density at radius 3 is 3.15 bits per heavy atom. The summed E-state index contributed by atoms with van der Waals surface area (Å²) in [6, 6.07) is 3.44. The summed E-state index contributed by atoms with van der Waals surface area (Å²) in [7, 11) is 0. The lowest BCUT2D eigenvalue weighted by Gasteiger charge is -2.21. The molecule has 8 heteroatoms. The maximum absolute atomic E-state index is 11.3. The van der Waals surface area contributed by atoms with E-state index in [1.807, 2.05) is 0 Å². The Morgan fingerprint density at radius 1 is 1.60 bits per heavy atom. The fraction of sp³-hybridized carbons (Fsp3) is 0.417. The van der Waals surface area contributed by atoms with Gasteiger partial charge in [-0.05, 0) is 12.1 Å². The van der Waals surface area contributed by atoms with Gasteiger partial charge in [0.15, 0.2) is 5.52 Å². The third-order valence-electron chi connectivity index (χ3n) is 3.35. The molecule has 2 N–H and O–H groups in total. The smallest absolute Gasteiger partial charge is 0.319 e. The number of nitrogens with one attached hydrogen (secondary N) is 1. The first-order valence-corrected chi connectivity index (χ1v) is 7.02. The summed E-state index contributed by atoms with van der Waals surface area (Å²) in [6.45, 7) is 0.960. The summed E-state index contributed by atoms with van der Waals surface area (Å²) in [5.74, 6) is 0. The van der Waals surface area contributed by atoms with Crippen molar-refractivity contribution in [1.82, 2.24) is 4.98 Å². The summed E-state index contributed by atoms with van der Waals surface area (Å²) in [5.41, 5.74) is 1.31. The number of nitro benzene ring substituents is 1. The monoisotopic (exact) mass is 295 g/mol. The molecule has 0 bridgehead atoms. The molecule has 0 aliphatic carbocycles. The number of ether oxygens (including phenoxy) is 1. The predicted molar refractivity (Wildman–Crippen MR) is 75.1 cm³/mol. The van der Waals surface area contributed by atoms with Crippen LogP contribution < -0.4 is 5.32 Å². The van der Waals surface area contributed by atoms with Gasteiger partial charge in [0.1, 0.15) is 11.3 Å². The molecule has 1 aliphatic rings. The van der Waals surface area contributed by atoms with Gasteiger partial charge in [-0.1, -0.05) is 0 Å². The van der Waals surface area contributed by atoms with E-state index in [0.29, 0.717) is 24.2 Å². The van der Waals surface area contributed by atoms with Gasteiger partial charge in [-0.25, -0.2) is 4.98 Å². The Kier molecular flexibility index (Phi) is 3.28. The van der Waals surface area contributed by atoms with Crippen LogP contribution >= 0.6 is 11.3 Å². The number of nitrogens with zero attached hydrogens (tertiary/aromatic N) is 2. The van der Waals surface area contributed by atoms with Crippen molar-refractivity contribution in [3.05, 3.63) is 27.8 Å². The number of hydrogen-bond donors (Lipinski definition) is 2. The second-order valence-electron chi connectivity index (χ2n) is 4.80. The van der Waals surface area contributed by atoms with E-state index in [9.17, 15) is 15.2 Å². The first-order chi connectivity index (χ1) is 9.59. The third kappa shape index (κ3) is 2.33. The molecule has 106 valence electrons. The number of fused-ring (bicyclic) bond motifs is 1. The van der Waals surface area contributed by atoms with Crippen LogP contribution in [-0.4, -0.2) is 40.4 Å². The van der Waals surface area contributed by atoms with Crippen molar-refractivity contribution in [1.29, 1.82) is 0 Å². The van der Waals surface area contributed by atoms with Crippen LogP contribution in [0.1, 0.15) is 6.42 Å². The summed E-state index contributed by atoms with van der Waals surface area (Å²) in [4.78, 5) is 14.9. The number of benzene rings is 1. The maximum Gasteiger partial charge on any atom is 0.319 e. The van der Waals surface area contributed by atoms with Gasteiger partial charge in [0.2, 0.25) is 0 Å². The summed E-state index contributed by atoms with van der Waals surface area (Å²) < 4.78 is 5.92. The molecule has 2 aromatic rings. The Hall–Kier alpha value is -1.77. The summed E-state index contributed by atoms with van der Waals surface area (Å²) in [6.07, 6.45) is 0.521. The van der Waals surface area contributed by atoms with Gasteiger partial charge in [-0.15, -0.1) is 11.3 Å². The average Bonchev–Trinajstić information content (AvgIpc) is 3.04. The highest BCUT2D eigenvalue weighted by atomic mass is 32.1. The zero-order chi connectivity index (χ0) is 14.2. The molecule has 1 aliphatic heterocycles. The molecule has 7 nitrogen and oxygen atoms in total. The minimum absolute atomic E-state index is 0.0498. The zero-order valence-corrected chi connectivity index (χ0v) is 11.4. The first kappa shape index (κ1) is 13.2. The largest absolute Gasteiger partial charge is 0.386 e. The summed E-state index contributed by atoms with van der Waals surface area (Å²) >= 11 is 1.36. The lowest BCUT2D eigenvalue weighted by Crippen LogP contribution is -2.37. The number of hydrogen-bond acceptors (Lipinski definition) is 7. The van der Waals surface area contributed by atoms with Crippen molar-refractivity contribution in [2.75, 3.05) is 25.1 Å². The Labute approximate surface area is 118 Å². The second kappa shape index (κ2) is 4.97. The minimum Gasteiger partial charge on any atom is -0.386 e. The number of aromatic nitrogens is 1. The van der Waals surface area contributed by atoms with E-state index >= 15 is 0 Å². The molecule has 0 amide bonds. The Morgan fingerprint density at radius 2 is 2.45 bits per heavy atom. The van der Waals surface area contributed by atoms with Crippen LogP contribution in [0.4, 0.5) is 11.4 Å². The van der Waals surface area contributed by atoms with Crippen molar-refractivity contribution in [2.24, 2.45) is 0 Å². The van der Waals surface area contributed by atoms with Crippen LogP contribution in [0, 0.1) is 10.1 Å². The Bertz CT molecular complexity index is 651. The van der Waals surface area contributed by atoms with Crippen molar-refractivity contribution >= 4 is 32.9 Å². The highest BCUT2D eigenvalue weighted by Crippen LogP contribution is 2.34. The molecule has 0 radical (unpaired) electrons. The maximum atomic E-state index is 11.3. The molecule has 1 unspecified atom stereocenters. The van der Waals surface area contributed by atoms with Gasteiger partial charge in [-0.2, -0.15) is 0 Å². The molecule has 1 aromatic carbocycles. The highest BCUT2D eigenvalue weighted by Gasteiger charge is 2.33. The molecule has 0 saturated carbocycles. The second-order valence-corrected chi connectivity index (χ2v) is 5.68. The average molecular weight is 295 g/mol. The quantitative estimate of drug-likeness (QED) is 0.659. The van der Waals surface area contributed by atoms with Crippen LogP contribution in [-0.2, 0) is 4.74 Å². The van der Waals surface area contributed by atoms with Crippen LogP contribution in [0.5, 0.6) is 0 Å². The van der Waals surface area contributed by atoms with E-state index in [2.05, 4.69) is 10.3 Å². The lowest BCUT2D eigenvalue weighted by molar-refractivity contribution is -0.382. The highest BCUT2D eigenvalue weighted by molar-refractivity contribution is 7.16. The molecular formula is C12H13N3O4S. The fourth-order valence-electron chi connectivity index (χ4n) is 2.24. The molecule has 1 aromatic heterocycles. The molecular weight excluding hydrogens is 282 g/mol. The number of nitro groups is 1. The standard InChI is InChI=1S/C12H13N3O4S/c16-12(3-4-19-6-12)5-13-8-1-2-9-10(14-7-20-9)11(8)15(17)18/h1-2,7,13,16H,3-6H2. The zero-order valence-electron chi connectivity index (χ0n) is 10.5. The van der Waals surface area contributed by atoms with Crippen LogP contribution in [0.15, 0.2) is 17.6 Å². The molecule has 1 fully saturated rings. The van der Waals surface area contributed by atoms with Crippen LogP contribution in [0.25, 0.3) is 10.2 Å². The van der Waals surface area contributed by atoms with Gasteiger partial charge in [0, 0.05) is 19.6 Å². The molecule has 1 saturated heterocycles. The minimum atomic E-state index is -0.967. The molecule has 0 spiro atoms. The van der Waals surface area contributed by atoms with Crippen molar-refractivity contribution < 1.29 is 14.8 Å². The Balaban J connectivity index is 1.90. The number of thiazole rings is 1. The van der Waals surface area contributed by atoms with Crippen molar-refractivity contribution in [2.45, 2.75) is 12.0 Å². The molecule has 2 heterocycles. The first-order valence-electron chi connectivity index (χ1n) is 6.14. The SMILES string of the molecule is O=[N+]([O-])c1c(NCC2(O)CCOC2)ccc2scnc12. The van der Waals surface area contributed by atoms with Gasteiger partial charge >= 0.3 is 5.69 Å². The van der Waals surface area contributed by atoms with E-state index in [1.54, 1.807) is 17.6 Å². The van der Waals surface area contributed by atoms with E-state index in [1.165, 1.54) is 11.3 Å². The lowest BCUT2D eigenvalue weighted by atomic mass is 10.0. The van der Waals surface area contributed by atoms with Gasteiger partial charge in [-0.3, -0.25) is 10.1 Å². The molecule has 20 heavy (non-hydrogen) atoms. The van der Waals surface area contributed by atoms with E-state index in [4.69, 9.17) is 4.74 Å². The number of anilines is 1. The predicted octanol–water partition coefficient (Wildman–Crippen LogP) is 1.77. The molecule has 3 rings (SSSR count). The van der Waals surface area contributed by atoms with E-state index in [0.717, 1.165) is 4.70 Å².